The van der Waals surface area contributed by atoms with Crippen LogP contribution in [0.25, 0.3) is 73.6 Å². The number of unbranched alkanes of at least 4 members (excludes halogenated alkanes) is 2. The molecule has 0 saturated heterocycles. The topological polar surface area (TPSA) is 77.8 Å². The summed E-state index contributed by atoms with van der Waals surface area (Å²) in [5, 5.41) is 17.4. The van der Waals surface area contributed by atoms with Gasteiger partial charge in [-0.2, -0.15) is 0 Å². The summed E-state index contributed by atoms with van der Waals surface area (Å²) >= 11 is 0. The van der Waals surface area contributed by atoms with Crippen molar-refractivity contribution in [2.45, 2.75) is 65.7 Å². The first-order chi connectivity index (χ1) is 27.0. The molecule has 1 unspecified atom stereocenters. The molecule has 0 aliphatic heterocycles. The molecule has 1 aliphatic rings. The van der Waals surface area contributed by atoms with Crippen molar-refractivity contribution in [3.05, 3.63) is 150 Å². The van der Waals surface area contributed by atoms with E-state index in [1.165, 1.54) is 54.4 Å². The first-order valence-corrected chi connectivity index (χ1v) is 19.6. The third kappa shape index (κ3) is 8.19. The second-order valence-corrected chi connectivity index (χ2v) is 14.6. The Balaban J connectivity index is 0.891. The van der Waals surface area contributed by atoms with Crippen molar-refractivity contribution in [1.82, 2.24) is 20.4 Å². The van der Waals surface area contributed by atoms with Crippen LogP contribution in [0.15, 0.2) is 148 Å². The molecule has 2 heterocycles. The van der Waals surface area contributed by atoms with Crippen LogP contribution in [0.4, 0.5) is 0 Å². The first kappa shape index (κ1) is 35.9. The van der Waals surface area contributed by atoms with Gasteiger partial charge in [-0.25, -0.2) is 0 Å². The van der Waals surface area contributed by atoms with Gasteiger partial charge in [0.05, 0.1) is 0 Å². The number of nitrogens with zero attached hydrogens (tertiary/aromatic N) is 4. The fourth-order valence-corrected chi connectivity index (χ4v) is 7.23. The second-order valence-electron chi connectivity index (χ2n) is 14.6. The average molecular weight is 723 g/mol. The van der Waals surface area contributed by atoms with Gasteiger partial charge in [-0.3, -0.25) is 0 Å². The quantitative estimate of drug-likeness (QED) is 0.118. The second kappa shape index (κ2) is 16.5. The normalized spacial score (nSPS) is 14.1. The highest BCUT2D eigenvalue weighted by Gasteiger charge is 2.17. The van der Waals surface area contributed by atoms with Gasteiger partial charge in [0.25, 0.3) is 0 Å². The van der Waals surface area contributed by atoms with E-state index in [2.05, 4.69) is 138 Å². The van der Waals surface area contributed by atoms with Gasteiger partial charge in [-0.15, -0.1) is 20.4 Å². The highest BCUT2D eigenvalue weighted by atomic mass is 16.4. The van der Waals surface area contributed by atoms with E-state index in [9.17, 15) is 0 Å². The van der Waals surface area contributed by atoms with E-state index < -0.39 is 0 Å². The predicted octanol–water partition coefficient (Wildman–Crippen LogP) is 13.3. The molecule has 274 valence electrons. The van der Waals surface area contributed by atoms with Crippen LogP contribution in [0.3, 0.4) is 0 Å². The number of allylic oxidation sites excluding steroid dienone is 4. The summed E-state index contributed by atoms with van der Waals surface area (Å²) in [4.78, 5) is 0. The van der Waals surface area contributed by atoms with Crippen LogP contribution < -0.4 is 0 Å². The van der Waals surface area contributed by atoms with Crippen molar-refractivity contribution in [2.75, 3.05) is 0 Å². The highest BCUT2D eigenvalue weighted by molar-refractivity contribution is 5.73. The Morgan fingerprint density at radius 1 is 0.436 bits per heavy atom. The van der Waals surface area contributed by atoms with Crippen LogP contribution in [0.1, 0.15) is 70.4 Å². The molecular formula is C49H46N4O2. The fraction of sp³-hybridized carbons (Fsp3) is 0.224. The Bertz CT molecular complexity index is 2400. The molecule has 5 aromatic carbocycles. The molecule has 0 saturated carbocycles. The summed E-state index contributed by atoms with van der Waals surface area (Å²) in [6, 6.07) is 41.9. The van der Waals surface area contributed by atoms with Crippen molar-refractivity contribution >= 4 is 5.57 Å². The molecule has 0 radical (unpaired) electrons. The Kier molecular flexibility index (Phi) is 10.7. The molecule has 0 fully saturated rings. The summed E-state index contributed by atoms with van der Waals surface area (Å²) in [6.45, 7) is 6.82. The molecule has 0 N–H and O–H groups in total. The molecule has 0 amide bonds. The van der Waals surface area contributed by atoms with E-state index >= 15 is 0 Å². The molecule has 0 spiro atoms. The van der Waals surface area contributed by atoms with E-state index in [0.717, 1.165) is 51.8 Å². The van der Waals surface area contributed by atoms with Gasteiger partial charge >= 0.3 is 0 Å². The molecule has 8 rings (SSSR count). The van der Waals surface area contributed by atoms with Crippen molar-refractivity contribution < 1.29 is 8.83 Å². The lowest BCUT2D eigenvalue weighted by Crippen LogP contribution is -2.05. The SMILES string of the molecule is CCCCC1=CC=C(c2ccc(-c3nnc(-c4ccc(-c5ccc(-c6nnc(-c7ccc(-c8ccc(CCCC)cc8)cc7)o6)cc5)cc4)o3)cc2)CC1C. The van der Waals surface area contributed by atoms with Gasteiger partial charge in [-0.05, 0) is 126 Å². The number of benzene rings is 5. The van der Waals surface area contributed by atoms with Gasteiger partial charge < -0.3 is 8.83 Å². The zero-order valence-electron chi connectivity index (χ0n) is 31.8. The lowest BCUT2D eigenvalue weighted by Gasteiger charge is -2.22. The highest BCUT2D eigenvalue weighted by Crippen LogP contribution is 2.35. The summed E-state index contributed by atoms with van der Waals surface area (Å²) in [5.41, 5.74) is 13.6. The summed E-state index contributed by atoms with van der Waals surface area (Å²) < 4.78 is 12.2. The Labute approximate surface area is 323 Å². The van der Waals surface area contributed by atoms with Gasteiger partial charge in [0.2, 0.25) is 23.6 Å². The Hall–Kier alpha value is -6.14. The van der Waals surface area contributed by atoms with Crippen molar-refractivity contribution in [3.63, 3.8) is 0 Å². The minimum absolute atomic E-state index is 0.486. The molecule has 6 nitrogen and oxygen atoms in total. The van der Waals surface area contributed by atoms with E-state index in [0.29, 0.717) is 29.5 Å². The van der Waals surface area contributed by atoms with Crippen LogP contribution in [0, 0.1) is 5.92 Å². The van der Waals surface area contributed by atoms with Gasteiger partial charge in [-0.1, -0.05) is 124 Å². The predicted molar refractivity (Wildman–Crippen MR) is 223 cm³/mol. The minimum atomic E-state index is 0.486. The Morgan fingerprint density at radius 3 is 1.16 bits per heavy atom. The van der Waals surface area contributed by atoms with Crippen LogP contribution in [-0.2, 0) is 6.42 Å². The maximum Gasteiger partial charge on any atom is 0.248 e. The van der Waals surface area contributed by atoms with E-state index in [1.54, 1.807) is 5.57 Å². The third-order valence-electron chi connectivity index (χ3n) is 10.7. The van der Waals surface area contributed by atoms with Crippen molar-refractivity contribution in [1.29, 1.82) is 0 Å². The maximum absolute atomic E-state index is 6.12. The molecule has 1 aliphatic carbocycles. The van der Waals surface area contributed by atoms with Crippen LogP contribution >= 0.6 is 0 Å². The first-order valence-electron chi connectivity index (χ1n) is 19.6. The molecule has 2 aromatic heterocycles. The third-order valence-corrected chi connectivity index (χ3v) is 10.7. The largest absolute Gasteiger partial charge is 0.416 e. The standard InChI is InChI=1S/C49H46N4O2/c1-4-6-8-34-10-12-36(13-11-34)37-15-23-41(24-16-37)46-50-51-47(54-46)42-25-17-38(18-26-42)39-19-27-43(28-20-39)48-52-53-49(55-48)44-29-21-40(22-30-44)45-31-14-35(9-7-5-2)33(3)32-45/h10-31,33H,4-9,32H2,1-3H3. The molecule has 0 bridgehead atoms. The maximum atomic E-state index is 6.12. The summed E-state index contributed by atoms with van der Waals surface area (Å²) in [5.74, 6) is 2.57. The van der Waals surface area contributed by atoms with Crippen LogP contribution in [0.2, 0.25) is 0 Å². The van der Waals surface area contributed by atoms with E-state index in [1.807, 2.05) is 36.4 Å². The van der Waals surface area contributed by atoms with Crippen LogP contribution in [0.5, 0.6) is 0 Å². The van der Waals surface area contributed by atoms with Crippen molar-refractivity contribution in [3.8, 4) is 68.1 Å². The zero-order chi connectivity index (χ0) is 37.6. The lowest BCUT2D eigenvalue weighted by molar-refractivity contribution is 0.584. The molecule has 55 heavy (non-hydrogen) atoms. The smallest absolute Gasteiger partial charge is 0.248 e. The summed E-state index contributed by atoms with van der Waals surface area (Å²) in [6.07, 6.45) is 12.9. The van der Waals surface area contributed by atoms with Crippen molar-refractivity contribution in [2.24, 2.45) is 5.92 Å². The van der Waals surface area contributed by atoms with E-state index in [-0.39, 0.29) is 0 Å². The van der Waals surface area contributed by atoms with Gasteiger partial charge in [0.15, 0.2) is 0 Å². The van der Waals surface area contributed by atoms with Gasteiger partial charge in [0.1, 0.15) is 0 Å². The average Bonchev–Trinajstić information content (AvgIpc) is 3.95. The number of aromatic nitrogens is 4. The molecular weight excluding hydrogens is 677 g/mol. The molecule has 1 atom stereocenters. The lowest BCUT2D eigenvalue weighted by atomic mass is 9.83. The number of hydrogen-bond donors (Lipinski definition) is 0. The number of aryl methyl sites for hydroxylation is 1. The Morgan fingerprint density at radius 2 is 0.782 bits per heavy atom. The number of hydrogen-bond acceptors (Lipinski definition) is 6. The summed E-state index contributed by atoms with van der Waals surface area (Å²) in [7, 11) is 0. The van der Waals surface area contributed by atoms with Gasteiger partial charge in [0, 0.05) is 22.3 Å². The fourth-order valence-electron chi connectivity index (χ4n) is 7.23. The number of rotatable bonds is 13. The molecule has 7 aromatic rings. The van der Waals surface area contributed by atoms with E-state index in [4.69, 9.17) is 8.83 Å². The molecule has 6 heteroatoms. The monoisotopic (exact) mass is 722 g/mol. The minimum Gasteiger partial charge on any atom is -0.416 e. The zero-order valence-corrected chi connectivity index (χ0v) is 31.8. The van der Waals surface area contributed by atoms with Crippen LogP contribution in [-0.4, -0.2) is 20.4 Å².